The number of aromatic amines is 2. The molecule has 1 aromatic heterocycles. The lowest BCUT2D eigenvalue weighted by Gasteiger charge is -2.06. The predicted molar refractivity (Wildman–Crippen MR) is 64.0 cm³/mol. The molecule has 2 aromatic rings. The van der Waals surface area contributed by atoms with Crippen LogP contribution >= 0.6 is 12.2 Å². The zero-order valence-corrected chi connectivity index (χ0v) is 10.0. The summed E-state index contributed by atoms with van der Waals surface area (Å²) < 4.78 is 6.05. The molecule has 0 saturated carbocycles. The Morgan fingerprint density at radius 1 is 1.19 bits per heavy atom. The van der Waals surface area contributed by atoms with Crippen LogP contribution in [0.15, 0.2) is 18.2 Å². The summed E-state index contributed by atoms with van der Waals surface area (Å²) in [5, 5.41) is 5.57. The molecule has 1 heterocycles. The van der Waals surface area contributed by atoms with Crippen molar-refractivity contribution in [1.82, 2.24) is 15.2 Å². The largest absolute Gasteiger partial charge is 0.486 e. The second kappa shape index (κ2) is 4.49. The zero-order valence-electron chi connectivity index (χ0n) is 9.20. The van der Waals surface area contributed by atoms with E-state index in [1.54, 1.807) is 0 Å². The maximum Gasteiger partial charge on any atom is 0.213 e. The molecular weight excluding hydrogens is 222 g/mol. The SMILES string of the molecule is Cc1cc(C)cc(OCc2nc(=S)[nH][nH]2)c1. The summed E-state index contributed by atoms with van der Waals surface area (Å²) in [5.41, 5.74) is 2.37. The van der Waals surface area contributed by atoms with E-state index in [0.29, 0.717) is 17.2 Å². The molecule has 0 aliphatic heterocycles. The van der Waals surface area contributed by atoms with Gasteiger partial charge in [0.15, 0.2) is 5.82 Å². The van der Waals surface area contributed by atoms with Gasteiger partial charge in [-0.2, -0.15) is 0 Å². The normalized spacial score (nSPS) is 10.4. The van der Waals surface area contributed by atoms with Gasteiger partial charge in [-0.15, -0.1) is 0 Å². The third-order valence-electron chi connectivity index (χ3n) is 2.12. The monoisotopic (exact) mass is 235 g/mol. The Hall–Kier alpha value is -1.62. The third-order valence-corrected chi connectivity index (χ3v) is 2.31. The first-order valence-corrected chi connectivity index (χ1v) is 5.39. The van der Waals surface area contributed by atoms with E-state index in [1.807, 2.05) is 26.0 Å². The van der Waals surface area contributed by atoms with E-state index in [-0.39, 0.29) is 0 Å². The predicted octanol–water partition coefficient (Wildman–Crippen LogP) is 2.66. The average Bonchev–Trinajstić information content (AvgIpc) is 2.60. The number of nitrogens with zero attached hydrogens (tertiary/aromatic N) is 1. The molecule has 2 rings (SSSR count). The number of benzene rings is 1. The molecule has 16 heavy (non-hydrogen) atoms. The second-order valence-corrected chi connectivity index (χ2v) is 4.11. The quantitative estimate of drug-likeness (QED) is 0.804. The average molecular weight is 235 g/mol. The minimum absolute atomic E-state index is 0.385. The zero-order chi connectivity index (χ0) is 11.5. The molecule has 0 fully saturated rings. The van der Waals surface area contributed by atoms with Gasteiger partial charge in [0.25, 0.3) is 0 Å². The van der Waals surface area contributed by atoms with Crippen molar-refractivity contribution in [1.29, 1.82) is 0 Å². The van der Waals surface area contributed by atoms with Crippen molar-refractivity contribution in [2.45, 2.75) is 20.5 Å². The van der Waals surface area contributed by atoms with Crippen LogP contribution in [0.5, 0.6) is 5.75 Å². The van der Waals surface area contributed by atoms with E-state index >= 15 is 0 Å². The highest BCUT2D eigenvalue weighted by Gasteiger charge is 2.00. The fourth-order valence-electron chi connectivity index (χ4n) is 1.54. The summed E-state index contributed by atoms with van der Waals surface area (Å²) in [6, 6.07) is 6.09. The van der Waals surface area contributed by atoms with Crippen molar-refractivity contribution in [2.75, 3.05) is 0 Å². The van der Waals surface area contributed by atoms with Gasteiger partial charge in [-0.3, -0.25) is 10.2 Å². The Kier molecular flexibility index (Phi) is 3.05. The molecule has 0 unspecified atom stereocenters. The molecule has 0 saturated heterocycles. The fourth-order valence-corrected chi connectivity index (χ4v) is 1.70. The van der Waals surface area contributed by atoms with E-state index in [9.17, 15) is 0 Å². The minimum atomic E-state index is 0.385. The Morgan fingerprint density at radius 2 is 1.88 bits per heavy atom. The summed E-state index contributed by atoms with van der Waals surface area (Å²) in [6.07, 6.45) is 0. The topological polar surface area (TPSA) is 53.7 Å². The number of ether oxygens (including phenoxy) is 1. The standard InChI is InChI=1S/C11H13N3OS/c1-7-3-8(2)5-9(4-7)15-6-10-12-11(16)14-13-10/h3-5H,6H2,1-2H3,(H2,12,13,14,16). The lowest BCUT2D eigenvalue weighted by atomic mass is 10.1. The highest BCUT2D eigenvalue weighted by atomic mass is 32.1. The molecule has 0 aliphatic carbocycles. The van der Waals surface area contributed by atoms with Crippen molar-refractivity contribution >= 4 is 12.2 Å². The van der Waals surface area contributed by atoms with E-state index in [2.05, 4.69) is 21.2 Å². The van der Waals surface area contributed by atoms with Crippen LogP contribution in [0.4, 0.5) is 0 Å². The Labute approximate surface area is 98.7 Å². The van der Waals surface area contributed by atoms with Gasteiger partial charge < -0.3 is 4.74 Å². The summed E-state index contributed by atoms with van der Waals surface area (Å²) in [5.74, 6) is 1.55. The van der Waals surface area contributed by atoms with E-state index in [1.165, 1.54) is 11.1 Å². The van der Waals surface area contributed by atoms with Crippen molar-refractivity contribution in [3.63, 3.8) is 0 Å². The second-order valence-electron chi connectivity index (χ2n) is 3.73. The van der Waals surface area contributed by atoms with Crippen LogP contribution in [-0.4, -0.2) is 15.2 Å². The van der Waals surface area contributed by atoms with Crippen LogP contribution < -0.4 is 4.74 Å². The summed E-state index contributed by atoms with van der Waals surface area (Å²) in [4.78, 5) is 4.05. The van der Waals surface area contributed by atoms with Gasteiger partial charge in [-0.1, -0.05) is 6.07 Å². The highest BCUT2D eigenvalue weighted by Crippen LogP contribution is 2.16. The Bertz CT molecular complexity index is 524. The molecule has 2 N–H and O–H groups in total. The molecule has 4 nitrogen and oxygen atoms in total. The lowest BCUT2D eigenvalue weighted by Crippen LogP contribution is -1.98. The maximum atomic E-state index is 5.61. The number of hydrogen-bond acceptors (Lipinski definition) is 3. The first-order chi connectivity index (χ1) is 7.63. The molecule has 0 aliphatic rings. The number of nitrogens with one attached hydrogen (secondary N) is 2. The molecule has 0 amide bonds. The smallest absolute Gasteiger partial charge is 0.213 e. The minimum Gasteiger partial charge on any atom is -0.486 e. The van der Waals surface area contributed by atoms with Crippen molar-refractivity contribution < 1.29 is 4.74 Å². The number of hydrogen-bond donors (Lipinski definition) is 2. The van der Waals surface area contributed by atoms with E-state index < -0.39 is 0 Å². The number of aryl methyl sites for hydroxylation is 2. The van der Waals surface area contributed by atoms with E-state index in [0.717, 1.165) is 5.75 Å². The van der Waals surface area contributed by atoms with Crippen LogP contribution in [0, 0.1) is 18.6 Å². The molecule has 1 aromatic carbocycles. The molecule has 0 radical (unpaired) electrons. The highest BCUT2D eigenvalue weighted by molar-refractivity contribution is 7.71. The molecule has 5 heteroatoms. The van der Waals surface area contributed by atoms with Crippen LogP contribution in [-0.2, 0) is 6.61 Å². The molecular formula is C11H13N3OS. The van der Waals surface area contributed by atoms with E-state index in [4.69, 9.17) is 17.0 Å². The fraction of sp³-hybridized carbons (Fsp3) is 0.273. The van der Waals surface area contributed by atoms with Crippen LogP contribution in [0.1, 0.15) is 17.0 Å². The number of H-pyrrole nitrogens is 2. The third kappa shape index (κ3) is 2.70. The Balaban J connectivity index is 2.07. The molecule has 0 spiro atoms. The first kappa shape index (κ1) is 10.9. The van der Waals surface area contributed by atoms with Gasteiger partial charge in [-0.05, 0) is 49.3 Å². The van der Waals surface area contributed by atoms with Crippen molar-refractivity contribution in [3.05, 3.63) is 39.9 Å². The molecule has 0 bridgehead atoms. The van der Waals surface area contributed by atoms with Gasteiger partial charge >= 0.3 is 0 Å². The summed E-state index contributed by atoms with van der Waals surface area (Å²) in [6.45, 7) is 4.47. The lowest BCUT2D eigenvalue weighted by molar-refractivity contribution is 0.296. The van der Waals surface area contributed by atoms with Crippen LogP contribution in [0.2, 0.25) is 0 Å². The summed E-state index contributed by atoms with van der Waals surface area (Å²) >= 11 is 4.85. The molecule has 0 atom stereocenters. The van der Waals surface area contributed by atoms with Gasteiger partial charge in [0.2, 0.25) is 4.77 Å². The van der Waals surface area contributed by atoms with Gasteiger partial charge in [0.05, 0.1) is 0 Å². The number of aromatic nitrogens is 3. The first-order valence-electron chi connectivity index (χ1n) is 4.98. The summed E-state index contributed by atoms with van der Waals surface area (Å²) in [7, 11) is 0. The number of rotatable bonds is 3. The Morgan fingerprint density at radius 3 is 2.44 bits per heavy atom. The van der Waals surface area contributed by atoms with Gasteiger partial charge in [0, 0.05) is 0 Å². The van der Waals surface area contributed by atoms with Gasteiger partial charge in [-0.25, -0.2) is 4.98 Å². The maximum absolute atomic E-state index is 5.61. The van der Waals surface area contributed by atoms with Crippen LogP contribution in [0.3, 0.4) is 0 Å². The van der Waals surface area contributed by atoms with Crippen LogP contribution in [0.25, 0.3) is 0 Å². The van der Waals surface area contributed by atoms with Gasteiger partial charge in [0.1, 0.15) is 12.4 Å². The molecule has 84 valence electrons. The van der Waals surface area contributed by atoms with Crippen molar-refractivity contribution in [3.8, 4) is 5.75 Å². The van der Waals surface area contributed by atoms with Crippen molar-refractivity contribution in [2.24, 2.45) is 0 Å².